The van der Waals surface area contributed by atoms with E-state index in [0.29, 0.717) is 5.82 Å². The molecule has 0 N–H and O–H groups in total. The second kappa shape index (κ2) is 13.3. The van der Waals surface area contributed by atoms with E-state index in [2.05, 4.69) is 221 Å². The summed E-state index contributed by atoms with van der Waals surface area (Å²) in [5.41, 5.74) is 18.7. The summed E-state index contributed by atoms with van der Waals surface area (Å²) in [5.74, 6) is 0.714. The Morgan fingerprint density at radius 3 is 1.64 bits per heavy atom. The van der Waals surface area contributed by atoms with Crippen molar-refractivity contribution in [3.8, 4) is 67.3 Å². The molecule has 0 saturated heterocycles. The third-order valence-electron chi connectivity index (χ3n) is 13.7. The first-order valence-corrected chi connectivity index (χ1v) is 21.3. The van der Waals surface area contributed by atoms with Crippen LogP contribution in [0.4, 0.5) is 0 Å². The molecular formula is C59H42N2. The zero-order valence-electron chi connectivity index (χ0n) is 34.4. The molecule has 1 heterocycles. The van der Waals surface area contributed by atoms with Gasteiger partial charge in [0, 0.05) is 27.5 Å². The number of fused-ring (bicyclic) bond motifs is 9. The topological polar surface area (TPSA) is 25.8 Å². The van der Waals surface area contributed by atoms with Crippen molar-refractivity contribution in [2.24, 2.45) is 0 Å². The number of nitrogens with zero attached hydrogens (tertiary/aromatic N) is 2. The van der Waals surface area contributed by atoms with Crippen LogP contribution in [0.5, 0.6) is 0 Å². The molecule has 1 aromatic heterocycles. The monoisotopic (exact) mass is 778 g/mol. The average molecular weight is 779 g/mol. The zero-order valence-corrected chi connectivity index (χ0v) is 34.4. The molecule has 2 aliphatic rings. The van der Waals surface area contributed by atoms with E-state index in [9.17, 15) is 0 Å². The molecule has 0 amide bonds. The van der Waals surface area contributed by atoms with Crippen molar-refractivity contribution in [1.82, 2.24) is 9.97 Å². The third kappa shape index (κ3) is 5.15. The Labute approximate surface area is 356 Å². The Bertz CT molecular complexity index is 3400. The Hall–Kier alpha value is -7.42. The van der Waals surface area contributed by atoms with Crippen LogP contribution >= 0.6 is 0 Å². The maximum Gasteiger partial charge on any atom is 0.161 e. The molecule has 2 heteroatoms. The van der Waals surface area contributed by atoms with Crippen LogP contribution < -0.4 is 0 Å². The summed E-state index contributed by atoms with van der Waals surface area (Å²) >= 11 is 0. The smallest absolute Gasteiger partial charge is 0.161 e. The van der Waals surface area contributed by atoms with Crippen LogP contribution in [0.25, 0.3) is 88.8 Å². The first kappa shape index (κ1) is 35.5. The van der Waals surface area contributed by atoms with E-state index in [4.69, 9.17) is 9.97 Å². The van der Waals surface area contributed by atoms with Crippen LogP contribution in [0.1, 0.15) is 48.6 Å². The molecule has 0 radical (unpaired) electrons. The SMILES string of the molecule is CC1(C)c2c(cccc2-c2ccc(-c3nc(-c4ccccc4)cc(-c4cccc5c4C(C)(c4ccccc4)c4ccccc4-5)n3)c3ccccc23)-c2ccc3ccccc3c21. The van der Waals surface area contributed by atoms with Gasteiger partial charge in [0.05, 0.1) is 11.4 Å². The summed E-state index contributed by atoms with van der Waals surface area (Å²) < 4.78 is 0. The van der Waals surface area contributed by atoms with Crippen LogP contribution in [0.3, 0.4) is 0 Å². The second-order valence-corrected chi connectivity index (χ2v) is 17.4. The molecule has 9 aromatic carbocycles. The van der Waals surface area contributed by atoms with E-state index < -0.39 is 0 Å². The van der Waals surface area contributed by atoms with E-state index >= 15 is 0 Å². The minimum absolute atomic E-state index is 0.201. The fourth-order valence-electron chi connectivity index (χ4n) is 11.0. The highest BCUT2D eigenvalue weighted by Gasteiger charge is 2.43. The van der Waals surface area contributed by atoms with Gasteiger partial charge in [0.2, 0.25) is 0 Å². The van der Waals surface area contributed by atoms with Crippen molar-refractivity contribution in [1.29, 1.82) is 0 Å². The number of hydrogen-bond donors (Lipinski definition) is 0. The summed E-state index contributed by atoms with van der Waals surface area (Å²) in [5, 5.41) is 4.93. The summed E-state index contributed by atoms with van der Waals surface area (Å²) in [6.07, 6.45) is 0. The molecule has 0 aliphatic heterocycles. The summed E-state index contributed by atoms with van der Waals surface area (Å²) in [4.78, 5) is 11.0. The maximum atomic E-state index is 5.58. The van der Waals surface area contributed by atoms with Gasteiger partial charge in [-0.15, -0.1) is 0 Å². The van der Waals surface area contributed by atoms with E-state index in [0.717, 1.165) is 33.5 Å². The van der Waals surface area contributed by atoms with Crippen molar-refractivity contribution < 1.29 is 0 Å². The minimum atomic E-state index is -0.383. The van der Waals surface area contributed by atoms with Crippen LogP contribution in [0.15, 0.2) is 200 Å². The molecular weight excluding hydrogens is 737 g/mol. The number of rotatable bonds is 5. The lowest BCUT2D eigenvalue weighted by Gasteiger charge is -2.30. The first-order chi connectivity index (χ1) is 29.9. The fourth-order valence-corrected chi connectivity index (χ4v) is 11.0. The highest BCUT2D eigenvalue weighted by molar-refractivity contribution is 6.07. The van der Waals surface area contributed by atoms with Gasteiger partial charge in [-0.3, -0.25) is 0 Å². The van der Waals surface area contributed by atoms with Gasteiger partial charge >= 0.3 is 0 Å². The Balaban J connectivity index is 1.07. The van der Waals surface area contributed by atoms with Gasteiger partial charge in [-0.25, -0.2) is 9.97 Å². The van der Waals surface area contributed by atoms with Crippen LogP contribution in [0.2, 0.25) is 0 Å². The van der Waals surface area contributed by atoms with Crippen molar-refractivity contribution in [2.45, 2.75) is 31.6 Å². The van der Waals surface area contributed by atoms with Gasteiger partial charge < -0.3 is 0 Å². The largest absolute Gasteiger partial charge is 0.228 e. The lowest BCUT2D eigenvalue weighted by molar-refractivity contribution is 0.668. The first-order valence-electron chi connectivity index (χ1n) is 21.3. The minimum Gasteiger partial charge on any atom is -0.228 e. The van der Waals surface area contributed by atoms with E-state index in [1.165, 1.54) is 77.4 Å². The van der Waals surface area contributed by atoms with Crippen molar-refractivity contribution in [3.05, 3.63) is 228 Å². The molecule has 1 unspecified atom stereocenters. The normalized spacial score (nSPS) is 15.7. The van der Waals surface area contributed by atoms with E-state index in [1.54, 1.807) is 0 Å². The molecule has 2 nitrogen and oxygen atoms in total. The molecule has 0 bridgehead atoms. The summed E-state index contributed by atoms with van der Waals surface area (Å²) in [7, 11) is 0. The molecule has 10 aromatic rings. The van der Waals surface area contributed by atoms with Gasteiger partial charge in [-0.1, -0.05) is 202 Å². The summed E-state index contributed by atoms with van der Waals surface area (Å²) in [6.45, 7) is 7.18. The summed E-state index contributed by atoms with van der Waals surface area (Å²) in [6, 6.07) is 73.0. The standard InChI is InChI=1S/C59H42N2/c1-58(2)54-40-23-11-10-18-37(40)32-33-48(54)47-29-16-27-45(55(47)58)43-34-35-49(42-25-13-12-24-41(42)43)57-60-52(38-19-6-4-7-20-38)36-53(61-57)50-30-17-28-46-44-26-14-15-31-51(44)59(3,56(46)50)39-21-8-5-9-22-39/h4-36H,1-3H3. The average Bonchev–Trinajstić information content (AvgIpc) is 3.73. The van der Waals surface area contributed by atoms with Gasteiger partial charge in [0.25, 0.3) is 0 Å². The van der Waals surface area contributed by atoms with Crippen molar-refractivity contribution >= 4 is 21.5 Å². The Morgan fingerprint density at radius 1 is 0.344 bits per heavy atom. The molecule has 0 fully saturated rings. The third-order valence-corrected chi connectivity index (χ3v) is 13.7. The van der Waals surface area contributed by atoms with E-state index in [-0.39, 0.29) is 10.8 Å². The quantitative estimate of drug-likeness (QED) is 0.174. The maximum absolute atomic E-state index is 5.58. The predicted molar refractivity (Wildman–Crippen MR) is 254 cm³/mol. The molecule has 12 rings (SSSR count). The lowest BCUT2D eigenvalue weighted by atomic mass is 9.72. The Kier molecular flexibility index (Phi) is 7.74. The van der Waals surface area contributed by atoms with Gasteiger partial charge in [0.1, 0.15) is 0 Å². The van der Waals surface area contributed by atoms with Gasteiger partial charge in [-0.2, -0.15) is 0 Å². The molecule has 61 heavy (non-hydrogen) atoms. The molecule has 2 aliphatic carbocycles. The van der Waals surface area contributed by atoms with Crippen molar-refractivity contribution in [3.63, 3.8) is 0 Å². The highest BCUT2D eigenvalue weighted by atomic mass is 14.9. The number of benzene rings is 9. The predicted octanol–water partition coefficient (Wildman–Crippen LogP) is 15.1. The molecule has 288 valence electrons. The Morgan fingerprint density at radius 2 is 0.869 bits per heavy atom. The van der Waals surface area contributed by atoms with Gasteiger partial charge in [-0.05, 0) is 102 Å². The zero-order chi connectivity index (χ0) is 40.9. The van der Waals surface area contributed by atoms with Gasteiger partial charge in [0.15, 0.2) is 5.82 Å². The fraction of sp³-hybridized carbons (Fsp3) is 0.0847. The van der Waals surface area contributed by atoms with Crippen LogP contribution in [-0.2, 0) is 10.8 Å². The van der Waals surface area contributed by atoms with Crippen molar-refractivity contribution in [2.75, 3.05) is 0 Å². The van der Waals surface area contributed by atoms with E-state index in [1.807, 2.05) is 0 Å². The lowest BCUT2D eigenvalue weighted by Crippen LogP contribution is -2.23. The number of aromatic nitrogens is 2. The second-order valence-electron chi connectivity index (χ2n) is 17.4. The number of hydrogen-bond acceptors (Lipinski definition) is 2. The highest BCUT2D eigenvalue weighted by Crippen LogP contribution is 2.57. The molecule has 1 atom stereocenters. The molecule has 0 saturated carbocycles. The molecule has 0 spiro atoms. The van der Waals surface area contributed by atoms with Crippen LogP contribution in [-0.4, -0.2) is 9.97 Å². The van der Waals surface area contributed by atoms with Crippen LogP contribution in [0, 0.1) is 0 Å².